The molecule has 0 aliphatic carbocycles. The average Bonchev–Trinajstić information content (AvgIpc) is 1.16. The van der Waals surface area contributed by atoms with E-state index in [0.717, 1.165) is 154 Å². The maximum absolute atomic E-state index is 13.0. The first-order valence-corrected chi connectivity index (χ1v) is 41.9. The van der Waals surface area contributed by atoms with Crippen LogP contribution in [0.5, 0.6) is 0 Å². The van der Waals surface area contributed by atoms with E-state index in [9.17, 15) is 19.5 Å². The number of hydrogen-bond donors (Lipinski definition) is 1. The third-order valence-electron chi connectivity index (χ3n) is 17.7. The number of allylic oxidation sites excluding steroid dienone is 30. The molecular formula is C94H156NO8+. The first-order chi connectivity index (χ1) is 50.6. The van der Waals surface area contributed by atoms with Crippen LogP contribution in [0.3, 0.4) is 0 Å². The van der Waals surface area contributed by atoms with E-state index >= 15 is 0 Å². The fraction of sp³-hybridized carbons (Fsp3) is 0.649. The molecule has 0 fully saturated rings. The second-order valence-electron chi connectivity index (χ2n) is 28.7. The van der Waals surface area contributed by atoms with Crippen molar-refractivity contribution in [1.82, 2.24) is 0 Å². The van der Waals surface area contributed by atoms with Gasteiger partial charge in [0.25, 0.3) is 6.29 Å². The van der Waals surface area contributed by atoms with Gasteiger partial charge in [0, 0.05) is 12.8 Å². The first kappa shape index (κ1) is 97.4. The van der Waals surface area contributed by atoms with Crippen LogP contribution in [0.2, 0.25) is 0 Å². The number of aliphatic carboxylic acids is 1. The summed E-state index contributed by atoms with van der Waals surface area (Å²) in [5.41, 5.74) is 0. The standard InChI is InChI=1S/C94H155NO8/c1-6-8-10-12-14-16-18-20-22-24-26-28-30-32-34-36-38-40-42-44-45-46-47-49-50-52-54-56-58-60-62-64-66-68-70-72-74-76-78-80-82-84-91(96)101-88-90(89-102-94(93(98)99)100-87-86-95(3,4)5)103-92(97)85-83-81-79-77-75-73-71-69-67-65-63-61-59-57-55-53-51-48-43-41-39-37-35-33-31-29-27-25-23-21-19-17-15-13-11-9-7-2/h8-11,14-17,20-23,26-29,32-35,39,41,48,51,55,57,61,63,67,69,90,94H,6-7,12-13,18-19,24-25,30-31,36-38,40,42-47,49-50,52-54,56,58-60,62,64-66,68,70-89H2,1-5H3/p+1/b10-8-,11-9-,16-14-,17-15-,22-20-,23-21-,28-26-,29-27-,34-32-,35-33-,41-39-,51-48-,57-55-,63-61-,69-67-. The SMILES string of the molecule is CC/C=C\C/C=C\C/C=C\C/C=C\C/C=C\C/C=C\C/C=C\C/C=C\C/C=C\C/C=C\CCCCCCCCC(=O)OC(COC(=O)CCCCCCCCCCCCCCCCCCCCCCCCCCC/C=C\C/C=C\C/C=C\C/C=C\C/C=C\CC)COC(OCC[N+](C)(C)C)C(=O)O. The Labute approximate surface area is 634 Å². The zero-order valence-electron chi connectivity index (χ0n) is 66.9. The van der Waals surface area contributed by atoms with Crippen molar-refractivity contribution < 1.29 is 42.9 Å². The molecule has 0 saturated heterocycles. The molecule has 1 N–H and O–H groups in total. The lowest BCUT2D eigenvalue weighted by molar-refractivity contribution is -0.870. The molecule has 584 valence electrons. The zero-order valence-corrected chi connectivity index (χ0v) is 66.9. The quantitative estimate of drug-likeness (QED) is 0.0211. The zero-order chi connectivity index (χ0) is 74.6. The predicted octanol–water partition coefficient (Wildman–Crippen LogP) is 27.5. The lowest BCUT2D eigenvalue weighted by atomic mass is 10.0. The van der Waals surface area contributed by atoms with E-state index in [4.69, 9.17) is 18.9 Å². The van der Waals surface area contributed by atoms with E-state index in [-0.39, 0.29) is 32.2 Å². The Hall–Kier alpha value is -5.61. The van der Waals surface area contributed by atoms with Gasteiger partial charge in [-0.05, 0) is 135 Å². The minimum atomic E-state index is -1.53. The molecule has 103 heavy (non-hydrogen) atoms. The number of nitrogens with zero attached hydrogens (tertiary/aromatic N) is 1. The number of rotatable bonds is 76. The molecule has 0 amide bonds. The number of likely N-dealkylation sites (N-methyl/N-ethyl adjacent to an activating group) is 1. The molecule has 2 atom stereocenters. The van der Waals surface area contributed by atoms with E-state index in [2.05, 4.69) is 196 Å². The minimum absolute atomic E-state index is 0.178. The highest BCUT2D eigenvalue weighted by Gasteiger charge is 2.25. The number of unbranched alkanes of at least 4 members (excludes halogenated alkanes) is 31. The highest BCUT2D eigenvalue weighted by atomic mass is 16.7. The van der Waals surface area contributed by atoms with Crippen molar-refractivity contribution in [2.45, 2.75) is 347 Å². The number of carboxylic acids is 1. The van der Waals surface area contributed by atoms with Crippen LogP contribution >= 0.6 is 0 Å². The largest absolute Gasteiger partial charge is 0.477 e. The second-order valence-corrected chi connectivity index (χ2v) is 28.7. The number of carbonyl (C=O) groups is 3. The molecule has 0 radical (unpaired) electrons. The Balaban J connectivity index is 4.06. The molecule has 0 rings (SSSR count). The highest BCUT2D eigenvalue weighted by molar-refractivity contribution is 5.71. The second kappa shape index (κ2) is 82.1. The Kier molecular flexibility index (Phi) is 77.6. The molecule has 0 aromatic carbocycles. The minimum Gasteiger partial charge on any atom is -0.477 e. The number of hydrogen-bond acceptors (Lipinski definition) is 7. The summed E-state index contributed by atoms with van der Waals surface area (Å²) in [6.45, 7) is 4.64. The van der Waals surface area contributed by atoms with Gasteiger partial charge in [-0.1, -0.05) is 369 Å². The van der Waals surface area contributed by atoms with E-state index in [1.165, 1.54) is 148 Å². The molecule has 0 spiro atoms. The number of quaternary nitrogens is 1. The molecule has 2 unspecified atom stereocenters. The normalized spacial score (nSPS) is 13.6. The summed E-state index contributed by atoms with van der Waals surface area (Å²) in [4.78, 5) is 37.8. The third kappa shape index (κ3) is 83.5. The lowest BCUT2D eigenvalue weighted by Crippen LogP contribution is -2.40. The van der Waals surface area contributed by atoms with Crippen LogP contribution in [0.25, 0.3) is 0 Å². The van der Waals surface area contributed by atoms with Crippen LogP contribution in [-0.2, 0) is 33.3 Å². The topological polar surface area (TPSA) is 108 Å². The van der Waals surface area contributed by atoms with Crippen LogP contribution in [0.1, 0.15) is 335 Å². The molecule has 0 aliphatic heterocycles. The van der Waals surface area contributed by atoms with Crippen molar-refractivity contribution in [2.24, 2.45) is 0 Å². The third-order valence-corrected chi connectivity index (χ3v) is 17.7. The fourth-order valence-corrected chi connectivity index (χ4v) is 11.4. The van der Waals surface area contributed by atoms with Gasteiger partial charge < -0.3 is 28.5 Å². The molecule has 9 heteroatoms. The van der Waals surface area contributed by atoms with Gasteiger partial charge in [0.2, 0.25) is 0 Å². The van der Waals surface area contributed by atoms with Crippen LogP contribution in [0.4, 0.5) is 0 Å². The maximum atomic E-state index is 13.0. The fourth-order valence-electron chi connectivity index (χ4n) is 11.4. The van der Waals surface area contributed by atoms with Crippen molar-refractivity contribution in [3.8, 4) is 0 Å². The average molecular weight is 1430 g/mol. The number of carboxylic acid groups (broad SMARTS) is 1. The number of esters is 2. The highest BCUT2D eigenvalue weighted by Crippen LogP contribution is 2.18. The van der Waals surface area contributed by atoms with Gasteiger partial charge in [0.1, 0.15) is 13.2 Å². The summed E-state index contributed by atoms with van der Waals surface area (Å²) in [5, 5.41) is 9.78. The van der Waals surface area contributed by atoms with Gasteiger partial charge in [0.05, 0.1) is 34.4 Å². The van der Waals surface area contributed by atoms with Gasteiger partial charge in [-0.25, -0.2) is 4.79 Å². The molecule has 0 heterocycles. The number of ether oxygens (including phenoxy) is 4. The Morgan fingerprint density at radius 1 is 0.291 bits per heavy atom. The van der Waals surface area contributed by atoms with Gasteiger partial charge in [0.15, 0.2) is 6.10 Å². The summed E-state index contributed by atoms with van der Waals surface area (Å²) in [6.07, 6.45) is 122. The summed E-state index contributed by atoms with van der Waals surface area (Å²) in [7, 11) is 5.97. The molecule has 9 nitrogen and oxygen atoms in total. The van der Waals surface area contributed by atoms with E-state index in [1.807, 2.05) is 21.1 Å². The maximum Gasteiger partial charge on any atom is 0.361 e. The summed E-state index contributed by atoms with van der Waals surface area (Å²) in [5.74, 6) is -2.03. The Bertz CT molecular complexity index is 2360. The van der Waals surface area contributed by atoms with E-state index in [1.54, 1.807) is 0 Å². The van der Waals surface area contributed by atoms with Gasteiger partial charge in [-0.2, -0.15) is 0 Å². The summed E-state index contributed by atoms with van der Waals surface area (Å²) in [6, 6.07) is 0. The monoisotopic (exact) mass is 1430 g/mol. The molecular weight excluding hydrogens is 1270 g/mol. The molecule has 0 aromatic heterocycles. The first-order valence-electron chi connectivity index (χ1n) is 41.9. The van der Waals surface area contributed by atoms with Crippen LogP contribution < -0.4 is 0 Å². The van der Waals surface area contributed by atoms with E-state index in [0.29, 0.717) is 23.9 Å². The summed E-state index contributed by atoms with van der Waals surface area (Å²) < 4.78 is 23.0. The van der Waals surface area contributed by atoms with Crippen molar-refractivity contribution in [2.75, 3.05) is 47.5 Å². The summed E-state index contributed by atoms with van der Waals surface area (Å²) >= 11 is 0. The van der Waals surface area contributed by atoms with Gasteiger partial charge >= 0.3 is 17.9 Å². The lowest BCUT2D eigenvalue weighted by Gasteiger charge is -2.25. The van der Waals surface area contributed by atoms with Crippen LogP contribution in [0.15, 0.2) is 182 Å². The van der Waals surface area contributed by atoms with Crippen molar-refractivity contribution in [3.63, 3.8) is 0 Å². The van der Waals surface area contributed by atoms with Crippen molar-refractivity contribution in [1.29, 1.82) is 0 Å². The van der Waals surface area contributed by atoms with Gasteiger partial charge in [-0.3, -0.25) is 9.59 Å². The molecule has 0 aromatic rings. The van der Waals surface area contributed by atoms with Crippen molar-refractivity contribution in [3.05, 3.63) is 182 Å². The molecule has 0 saturated carbocycles. The molecule has 0 aliphatic rings. The van der Waals surface area contributed by atoms with Crippen LogP contribution in [0, 0.1) is 0 Å². The van der Waals surface area contributed by atoms with E-state index < -0.39 is 24.3 Å². The smallest absolute Gasteiger partial charge is 0.361 e. The molecule has 0 bridgehead atoms. The predicted molar refractivity (Wildman–Crippen MR) is 446 cm³/mol. The Morgan fingerprint density at radius 3 is 0.777 bits per heavy atom. The number of carbonyl (C=O) groups excluding carboxylic acids is 2. The Morgan fingerprint density at radius 2 is 0.524 bits per heavy atom. The van der Waals surface area contributed by atoms with Crippen LogP contribution in [-0.4, -0.2) is 87.4 Å². The van der Waals surface area contributed by atoms with Crippen molar-refractivity contribution >= 4 is 17.9 Å². The van der Waals surface area contributed by atoms with Gasteiger partial charge in [-0.15, -0.1) is 0 Å².